The van der Waals surface area contributed by atoms with E-state index in [1.165, 1.54) is 4.90 Å². The van der Waals surface area contributed by atoms with E-state index < -0.39 is 48.3 Å². The van der Waals surface area contributed by atoms with Crippen LogP contribution in [0.15, 0.2) is 72.8 Å². The number of nitrogens with one attached hydrogen (secondary N) is 2. The van der Waals surface area contributed by atoms with E-state index in [0.29, 0.717) is 17.6 Å². The predicted molar refractivity (Wildman–Crippen MR) is 176 cm³/mol. The number of nitrogens with zero attached hydrogens (tertiary/aromatic N) is 1. The highest BCUT2D eigenvalue weighted by atomic mass is 16.7. The number of amides is 3. The van der Waals surface area contributed by atoms with Gasteiger partial charge < -0.3 is 25.0 Å². The maximum absolute atomic E-state index is 13.7. The Morgan fingerprint density at radius 1 is 0.822 bits per heavy atom. The summed E-state index contributed by atoms with van der Waals surface area (Å²) in [6, 6.07) is 21.3. The molecule has 0 bridgehead atoms. The third kappa shape index (κ3) is 6.22. The highest BCUT2D eigenvalue weighted by Crippen LogP contribution is 2.45. The topological polar surface area (TPSA) is 117 Å². The Bertz CT molecular complexity index is 1530. The maximum atomic E-state index is 13.7. The molecule has 10 heteroatoms. The highest BCUT2D eigenvalue weighted by molar-refractivity contribution is 6.64. The van der Waals surface area contributed by atoms with Crippen molar-refractivity contribution in [1.29, 1.82) is 0 Å². The van der Waals surface area contributed by atoms with E-state index in [1.807, 2.05) is 88.4 Å². The molecule has 9 nitrogen and oxygen atoms in total. The lowest BCUT2D eigenvalue weighted by molar-refractivity contribution is -0.130. The molecule has 0 unspecified atom stereocenters. The van der Waals surface area contributed by atoms with Crippen molar-refractivity contribution in [3.05, 3.63) is 83.9 Å². The first kappa shape index (κ1) is 32.3. The van der Waals surface area contributed by atoms with Gasteiger partial charge in [0.2, 0.25) is 11.8 Å². The number of rotatable bonds is 10. The van der Waals surface area contributed by atoms with Gasteiger partial charge in [-0.05, 0) is 68.9 Å². The molecular formula is C35H42BN3O6. The van der Waals surface area contributed by atoms with Gasteiger partial charge in [0.05, 0.1) is 11.2 Å². The highest BCUT2D eigenvalue weighted by Gasteiger charge is 2.52. The third-order valence-electron chi connectivity index (χ3n) is 9.42. The summed E-state index contributed by atoms with van der Waals surface area (Å²) in [5, 5.41) is 16.1. The Labute approximate surface area is 265 Å². The maximum Gasteiger partial charge on any atom is 0.496 e. The van der Waals surface area contributed by atoms with Gasteiger partial charge in [-0.25, -0.2) is 4.79 Å². The summed E-state index contributed by atoms with van der Waals surface area (Å²) in [4.78, 5) is 41.1. The van der Waals surface area contributed by atoms with Crippen LogP contribution in [0.4, 0.5) is 10.5 Å². The summed E-state index contributed by atoms with van der Waals surface area (Å²) in [6.07, 6.45) is -0.632. The Hall–Kier alpha value is -4.15. The first-order chi connectivity index (χ1) is 21.4. The lowest BCUT2D eigenvalue weighted by Gasteiger charge is -2.32. The van der Waals surface area contributed by atoms with Crippen LogP contribution in [0.1, 0.15) is 71.4 Å². The Morgan fingerprint density at radius 2 is 1.36 bits per heavy atom. The van der Waals surface area contributed by atoms with Crippen LogP contribution in [0.2, 0.25) is 0 Å². The van der Waals surface area contributed by atoms with Crippen LogP contribution >= 0.6 is 0 Å². The van der Waals surface area contributed by atoms with Crippen LogP contribution in [0.25, 0.3) is 11.1 Å². The fraction of sp³-hybridized carbons (Fsp3) is 0.400. The number of carbonyl (C=O) groups is 3. The third-order valence-corrected chi connectivity index (χ3v) is 9.42. The molecule has 3 aromatic rings. The van der Waals surface area contributed by atoms with E-state index in [4.69, 9.17) is 9.31 Å². The number of benzene rings is 3. The molecule has 3 amide bonds. The molecule has 0 spiro atoms. The van der Waals surface area contributed by atoms with Crippen molar-refractivity contribution in [2.45, 2.75) is 83.6 Å². The summed E-state index contributed by atoms with van der Waals surface area (Å²) >= 11 is 0. The number of hydrogen-bond acceptors (Lipinski definition) is 5. The Morgan fingerprint density at radius 3 is 1.89 bits per heavy atom. The average molecular weight is 612 g/mol. The monoisotopic (exact) mass is 611 g/mol. The first-order valence-corrected chi connectivity index (χ1v) is 15.6. The van der Waals surface area contributed by atoms with Crippen molar-refractivity contribution >= 4 is 36.2 Å². The number of hydrogen-bond donors (Lipinski definition) is 3. The van der Waals surface area contributed by atoms with E-state index in [9.17, 15) is 19.5 Å². The summed E-state index contributed by atoms with van der Waals surface area (Å²) in [5.74, 6) is -1.14. The van der Waals surface area contributed by atoms with Crippen LogP contribution in [0, 0.1) is 0 Å². The standard InChI is InChI=1S/C35H42BN3O6/c1-7-28(31(40)38-29-20-14-13-19-27(29)36-44-34(3,4)35(5,6)45-36)37-32(41)30(8-2)39(33(42)43)21-26-24-17-11-9-15-22(24)23-16-10-12-18-25(23)26/h9-20,26,28,30H,7-8,21H2,1-6H3,(H,37,41)(H,38,40)(H,42,43)/t28-,30-/m0/s1. The Kier molecular flexibility index (Phi) is 9.10. The minimum Gasteiger partial charge on any atom is -0.465 e. The van der Waals surface area contributed by atoms with Crippen LogP contribution in [-0.2, 0) is 18.9 Å². The van der Waals surface area contributed by atoms with Crippen LogP contribution < -0.4 is 16.1 Å². The Balaban J connectivity index is 1.32. The summed E-state index contributed by atoms with van der Waals surface area (Å²) in [6.45, 7) is 11.5. The molecule has 45 heavy (non-hydrogen) atoms. The molecule has 5 rings (SSSR count). The molecule has 2 atom stereocenters. The number of carboxylic acid groups (broad SMARTS) is 1. The lowest BCUT2D eigenvalue weighted by Crippen LogP contribution is -2.54. The molecule has 0 aromatic heterocycles. The van der Waals surface area contributed by atoms with Crippen molar-refractivity contribution in [1.82, 2.24) is 10.2 Å². The summed E-state index contributed by atoms with van der Waals surface area (Å²) < 4.78 is 12.4. The zero-order valence-corrected chi connectivity index (χ0v) is 26.8. The minimum atomic E-state index is -1.19. The first-order valence-electron chi connectivity index (χ1n) is 15.6. The fourth-order valence-corrected chi connectivity index (χ4v) is 6.17. The number of para-hydroxylation sites is 1. The minimum absolute atomic E-state index is 0.111. The second-order valence-electron chi connectivity index (χ2n) is 12.7. The zero-order valence-electron chi connectivity index (χ0n) is 26.8. The van der Waals surface area contributed by atoms with E-state index >= 15 is 0 Å². The van der Waals surface area contributed by atoms with E-state index in [-0.39, 0.29) is 18.9 Å². The molecule has 1 aliphatic heterocycles. The molecule has 0 radical (unpaired) electrons. The quantitative estimate of drug-likeness (QED) is 0.265. The molecule has 3 aromatic carbocycles. The van der Waals surface area contributed by atoms with Crippen LogP contribution in [0.5, 0.6) is 0 Å². The average Bonchev–Trinajstić information content (AvgIpc) is 3.44. The molecule has 1 saturated heterocycles. The fourth-order valence-electron chi connectivity index (χ4n) is 6.17. The molecule has 3 N–H and O–H groups in total. The van der Waals surface area contributed by atoms with E-state index in [0.717, 1.165) is 22.3 Å². The van der Waals surface area contributed by atoms with Crippen molar-refractivity contribution in [2.75, 3.05) is 11.9 Å². The van der Waals surface area contributed by atoms with Gasteiger partial charge in [-0.1, -0.05) is 80.6 Å². The molecule has 1 aliphatic carbocycles. The van der Waals surface area contributed by atoms with Gasteiger partial charge >= 0.3 is 13.2 Å². The smallest absolute Gasteiger partial charge is 0.465 e. The van der Waals surface area contributed by atoms with Crippen molar-refractivity contribution < 1.29 is 28.8 Å². The number of anilines is 1. The SMILES string of the molecule is CC[C@H](NC(=O)[C@H](CC)N(CC1c2ccccc2-c2ccccc21)C(=O)O)C(=O)Nc1ccccc1B1OC(C)(C)C(C)(C)O1. The van der Waals surface area contributed by atoms with Crippen molar-refractivity contribution in [2.24, 2.45) is 0 Å². The van der Waals surface area contributed by atoms with Gasteiger partial charge in [0, 0.05) is 23.6 Å². The van der Waals surface area contributed by atoms with Gasteiger partial charge in [0.1, 0.15) is 12.1 Å². The lowest BCUT2D eigenvalue weighted by atomic mass is 9.77. The molecule has 236 valence electrons. The largest absolute Gasteiger partial charge is 0.496 e. The molecule has 2 aliphatic rings. The van der Waals surface area contributed by atoms with Gasteiger partial charge in [-0.2, -0.15) is 0 Å². The zero-order chi connectivity index (χ0) is 32.5. The van der Waals surface area contributed by atoms with Crippen LogP contribution in [-0.4, -0.2) is 64.9 Å². The van der Waals surface area contributed by atoms with Gasteiger partial charge in [-0.3, -0.25) is 14.5 Å². The number of fused-ring (bicyclic) bond motifs is 3. The predicted octanol–water partition coefficient (Wildman–Crippen LogP) is 5.39. The second kappa shape index (κ2) is 12.7. The summed E-state index contributed by atoms with van der Waals surface area (Å²) in [7, 11) is -0.680. The van der Waals surface area contributed by atoms with Crippen LogP contribution in [0.3, 0.4) is 0 Å². The van der Waals surface area contributed by atoms with Gasteiger partial charge in [0.25, 0.3) is 0 Å². The van der Waals surface area contributed by atoms with Crippen molar-refractivity contribution in [3.63, 3.8) is 0 Å². The normalized spacial score (nSPS) is 17.6. The van der Waals surface area contributed by atoms with Crippen molar-refractivity contribution in [3.8, 4) is 11.1 Å². The van der Waals surface area contributed by atoms with E-state index in [1.54, 1.807) is 26.0 Å². The molecule has 1 fully saturated rings. The second-order valence-corrected chi connectivity index (χ2v) is 12.7. The molecular weight excluding hydrogens is 569 g/mol. The van der Waals surface area contributed by atoms with Gasteiger partial charge in [-0.15, -0.1) is 0 Å². The molecule has 0 saturated carbocycles. The number of carbonyl (C=O) groups excluding carboxylic acids is 2. The summed E-state index contributed by atoms with van der Waals surface area (Å²) in [5.41, 5.74) is 4.30. The van der Waals surface area contributed by atoms with E-state index in [2.05, 4.69) is 10.6 Å². The molecule has 1 heterocycles. The van der Waals surface area contributed by atoms with Gasteiger partial charge in [0.15, 0.2) is 0 Å².